The third kappa shape index (κ3) is 16.9. The van der Waals surface area contributed by atoms with Gasteiger partial charge in [-0.05, 0) is 0 Å². The number of carbonyl (C=O) groups excluding carboxylic acids is 3. The van der Waals surface area contributed by atoms with E-state index in [2.05, 4.69) is 24.3 Å². The van der Waals surface area contributed by atoms with Crippen molar-refractivity contribution in [2.24, 2.45) is 0 Å². The second kappa shape index (κ2) is 27.1. The van der Waals surface area contributed by atoms with Gasteiger partial charge < -0.3 is 120 Å². The molecule has 0 spiro atoms. The minimum Gasteiger partial charge on any atom is -0.394 e. The van der Waals surface area contributed by atoms with Gasteiger partial charge in [-0.3, -0.25) is 23.5 Å². The molecule has 0 aromatic heterocycles. The van der Waals surface area contributed by atoms with Crippen molar-refractivity contribution >= 4 is 38.5 Å². The van der Waals surface area contributed by atoms with Crippen LogP contribution in [0.4, 0.5) is 0 Å². The summed E-state index contributed by atoms with van der Waals surface area (Å²) in [5.41, 5.74) is 0. The first kappa shape index (κ1) is 62.8. The van der Waals surface area contributed by atoms with Gasteiger partial charge in [-0.2, -0.15) is 16.8 Å². The molecule has 0 bridgehead atoms. The number of hydrogen-bond acceptors (Lipinski definition) is 30. The van der Waals surface area contributed by atoms with Crippen LogP contribution in [0.1, 0.15) is 20.8 Å². The van der Waals surface area contributed by atoms with E-state index < -0.39 is 225 Å². The number of aliphatic hydroxyl groups excluding tert-OH is 13. The molecule has 4 heterocycles. The maximum atomic E-state index is 12.5. The second-order valence-electron chi connectivity index (χ2n) is 17.0. The normalized spacial score (nSPS) is 39.2. The number of rotatable bonds is 24. The van der Waals surface area contributed by atoms with Crippen LogP contribution in [0.3, 0.4) is 0 Å². The molecule has 0 aromatic carbocycles. The van der Waals surface area contributed by atoms with Crippen molar-refractivity contribution in [2.45, 2.75) is 168 Å². The first-order chi connectivity index (χ1) is 33.9. The molecule has 0 saturated carbocycles. The van der Waals surface area contributed by atoms with E-state index in [4.69, 9.17) is 47.0 Å². The van der Waals surface area contributed by atoms with Crippen LogP contribution in [0.25, 0.3) is 0 Å². The smallest absolute Gasteiger partial charge is 0.394 e. The third-order valence-corrected chi connectivity index (χ3v) is 12.4. The summed E-state index contributed by atoms with van der Waals surface area (Å²) < 4.78 is 116. The lowest BCUT2D eigenvalue weighted by atomic mass is 9.94. The SMILES string of the molecule is CC(=O)N[C@H]1[C@H](OC[C@@H](O)[C@H](O)[C@H](O[C@@H]2O[C@H](CO)[C@@H](O[C@@H]3O[C@H](COS(=O)(=O)O)[C@H](O)[C@H](O)[C@H]3O)[C@H](O)[C@H]2NC(C)=O)[C@H](CO)NC(C)=O)O[C@H](CO)[C@@H](O[C@@H]2O[C@H](COS(=O)(=O)O)[C@H](O)[C@H](O)[C@H]2O)[C@@H]1O. The van der Waals surface area contributed by atoms with Crippen LogP contribution in [0.5, 0.6) is 0 Å². The molecular weight excluding hydrogens is 1050 g/mol. The first-order valence-electron chi connectivity index (χ1n) is 21.8. The molecule has 37 heteroatoms. The highest BCUT2D eigenvalue weighted by atomic mass is 32.3. The highest BCUT2D eigenvalue weighted by Crippen LogP contribution is 2.33. The molecule has 0 aliphatic carbocycles. The Morgan fingerprint density at radius 2 is 0.945 bits per heavy atom. The van der Waals surface area contributed by atoms with E-state index in [0.717, 1.165) is 20.8 Å². The lowest BCUT2D eigenvalue weighted by Crippen LogP contribution is -2.69. The van der Waals surface area contributed by atoms with Crippen LogP contribution in [0, 0.1) is 0 Å². The van der Waals surface area contributed by atoms with Crippen LogP contribution in [0.15, 0.2) is 0 Å². The van der Waals surface area contributed by atoms with Crippen LogP contribution >= 0.6 is 0 Å². The molecule has 73 heavy (non-hydrogen) atoms. The third-order valence-electron chi connectivity index (χ3n) is 11.6. The number of amides is 3. The molecular formula is C36H63N3O32S2. The van der Waals surface area contributed by atoms with Crippen molar-refractivity contribution in [3.8, 4) is 0 Å². The summed E-state index contributed by atoms with van der Waals surface area (Å²) in [5, 5.41) is 147. The monoisotopic (exact) mass is 1110 g/mol. The van der Waals surface area contributed by atoms with Gasteiger partial charge in [0.25, 0.3) is 0 Å². The average molecular weight is 1110 g/mol. The lowest BCUT2D eigenvalue weighted by molar-refractivity contribution is -0.354. The van der Waals surface area contributed by atoms with Crippen LogP contribution < -0.4 is 16.0 Å². The van der Waals surface area contributed by atoms with Gasteiger partial charge in [0.05, 0.1) is 45.7 Å². The topological polar surface area (TPSA) is 551 Å². The Morgan fingerprint density at radius 3 is 1.32 bits per heavy atom. The van der Waals surface area contributed by atoms with Crippen LogP contribution in [-0.2, 0) is 81.4 Å². The zero-order valence-corrected chi connectivity index (χ0v) is 40.2. The van der Waals surface area contributed by atoms with Gasteiger partial charge in [-0.25, -0.2) is 8.37 Å². The maximum Gasteiger partial charge on any atom is 0.397 e. The highest BCUT2D eigenvalue weighted by Gasteiger charge is 2.55. The number of hydrogen-bond donors (Lipinski definition) is 18. The van der Waals surface area contributed by atoms with Crippen molar-refractivity contribution in [1.82, 2.24) is 16.0 Å². The number of ether oxygens (including phenoxy) is 8. The largest absolute Gasteiger partial charge is 0.397 e. The van der Waals surface area contributed by atoms with E-state index in [-0.39, 0.29) is 0 Å². The van der Waals surface area contributed by atoms with E-state index in [9.17, 15) is 97.6 Å². The Balaban J connectivity index is 1.56. The summed E-state index contributed by atoms with van der Waals surface area (Å²) in [5.74, 6) is -2.63. The molecule has 4 fully saturated rings. The zero-order valence-electron chi connectivity index (χ0n) is 38.6. The predicted octanol–water partition coefficient (Wildman–Crippen LogP) is -12.2. The quantitative estimate of drug-likeness (QED) is 0.0399. The van der Waals surface area contributed by atoms with E-state index in [1.54, 1.807) is 0 Å². The van der Waals surface area contributed by atoms with Crippen molar-refractivity contribution < 1.29 is 153 Å². The van der Waals surface area contributed by atoms with Crippen molar-refractivity contribution in [2.75, 3.05) is 39.6 Å². The first-order valence-corrected chi connectivity index (χ1v) is 24.5. The van der Waals surface area contributed by atoms with Crippen molar-refractivity contribution in [3.05, 3.63) is 0 Å². The number of nitrogens with one attached hydrogen (secondary N) is 3. The van der Waals surface area contributed by atoms with Gasteiger partial charge >= 0.3 is 20.8 Å². The summed E-state index contributed by atoms with van der Waals surface area (Å²) in [6, 6.07) is -5.31. The molecule has 24 atom stereocenters. The molecule has 4 aliphatic heterocycles. The Morgan fingerprint density at radius 1 is 0.548 bits per heavy atom. The minimum absolute atomic E-state index is 0.859. The summed E-state index contributed by atoms with van der Waals surface area (Å²) in [4.78, 5) is 37.1. The predicted molar refractivity (Wildman–Crippen MR) is 224 cm³/mol. The van der Waals surface area contributed by atoms with Gasteiger partial charge in [0, 0.05) is 20.8 Å². The van der Waals surface area contributed by atoms with Crippen molar-refractivity contribution in [1.29, 1.82) is 0 Å². The molecule has 18 N–H and O–H groups in total. The molecule has 426 valence electrons. The zero-order chi connectivity index (χ0) is 55.0. The standard InChI is InChI=1S/C36H63N3O32S2/c1-10(43)37-13(4-40)30(69-34-20(39-12(3)45)25(51)32(16(6-42)66-34)71-36-29(55)27(53)23(49)18(68-36)9-64-73(59,60)61)21(47)14(46)7-62-33-19(38-11(2)44)24(50)31(15(5-41)65-33)70-35-28(54)26(52)22(48)17(67-35)8-63-72(56,57)58/h13-36,40-42,46-55H,4-9H2,1-3H3,(H,37,43)(H,38,44)(H,39,45)(H,56,57,58)(H,59,60,61)/t13-,14+,15+,16+,17+,18+,19+,20+,21-,22-,23-,24+,25+,26-,27-,28+,29+,30+,31+,32+,33+,34-,35-,36-/m0/s1. The number of carbonyl (C=O) groups is 3. The fourth-order valence-electron chi connectivity index (χ4n) is 8.03. The molecule has 0 aromatic rings. The number of aliphatic hydroxyl groups is 13. The summed E-state index contributed by atoms with van der Waals surface area (Å²) in [7, 11) is -10.2. The molecule has 4 rings (SSSR count). The van der Waals surface area contributed by atoms with E-state index in [1.807, 2.05) is 0 Å². The van der Waals surface area contributed by atoms with Gasteiger partial charge in [-0.15, -0.1) is 0 Å². The summed E-state index contributed by atoms with van der Waals surface area (Å²) in [6.07, 6.45) is -42.5. The highest BCUT2D eigenvalue weighted by molar-refractivity contribution is 7.81. The molecule has 4 aliphatic rings. The molecule has 4 saturated heterocycles. The minimum atomic E-state index is -5.13. The molecule has 0 unspecified atom stereocenters. The van der Waals surface area contributed by atoms with Crippen molar-refractivity contribution in [3.63, 3.8) is 0 Å². The van der Waals surface area contributed by atoms with Crippen LogP contribution in [0.2, 0.25) is 0 Å². The average Bonchev–Trinajstić information content (AvgIpc) is 3.30. The fourth-order valence-corrected chi connectivity index (χ4v) is 8.64. The summed E-state index contributed by atoms with van der Waals surface area (Å²) in [6.45, 7) is -3.69. The Bertz CT molecular complexity index is 2010. The van der Waals surface area contributed by atoms with E-state index in [0.29, 0.717) is 0 Å². The summed E-state index contributed by atoms with van der Waals surface area (Å²) >= 11 is 0. The Kier molecular flexibility index (Phi) is 23.3. The van der Waals surface area contributed by atoms with E-state index in [1.165, 1.54) is 0 Å². The maximum absolute atomic E-state index is 12.5. The van der Waals surface area contributed by atoms with Gasteiger partial charge in [-0.1, -0.05) is 0 Å². The molecule has 35 nitrogen and oxygen atoms in total. The molecule has 0 radical (unpaired) electrons. The van der Waals surface area contributed by atoms with Crippen LogP contribution in [-0.4, -0.2) is 297 Å². The Hall–Kier alpha value is -2.69. The molecule has 3 amide bonds. The van der Waals surface area contributed by atoms with Gasteiger partial charge in [0.1, 0.15) is 116 Å². The van der Waals surface area contributed by atoms with Gasteiger partial charge in [0.2, 0.25) is 17.7 Å². The second-order valence-corrected chi connectivity index (χ2v) is 19.2. The van der Waals surface area contributed by atoms with E-state index >= 15 is 0 Å². The van der Waals surface area contributed by atoms with Gasteiger partial charge in [0.15, 0.2) is 25.2 Å². The fraction of sp³-hybridized carbons (Fsp3) is 0.917. The Labute approximate surface area is 414 Å². The lowest BCUT2D eigenvalue weighted by Gasteiger charge is -2.48.